The van der Waals surface area contributed by atoms with E-state index in [2.05, 4.69) is 20.4 Å². The Kier molecular flexibility index (Phi) is 6.59. The van der Waals surface area contributed by atoms with Gasteiger partial charge in [-0.05, 0) is 19.1 Å². The number of carbonyl (C=O) groups is 1. The van der Waals surface area contributed by atoms with Gasteiger partial charge < -0.3 is 14.6 Å². The maximum Gasteiger partial charge on any atom is 0.234 e. The molecule has 2 aromatic rings. The summed E-state index contributed by atoms with van der Waals surface area (Å²) in [4.78, 5) is 14.4. The zero-order valence-corrected chi connectivity index (χ0v) is 15.5. The number of hydrogen-bond acceptors (Lipinski definition) is 6. The largest absolute Gasteiger partial charge is 0.379 e. The Morgan fingerprint density at radius 1 is 1.31 bits per heavy atom. The lowest BCUT2D eigenvalue weighted by Crippen LogP contribution is -2.36. The molecule has 1 aromatic heterocycles. The van der Waals surface area contributed by atoms with Crippen molar-refractivity contribution in [3.8, 4) is 0 Å². The summed E-state index contributed by atoms with van der Waals surface area (Å²) in [6, 6.07) is 6.11. The van der Waals surface area contributed by atoms with Crippen LogP contribution in [0.15, 0.2) is 29.4 Å². The molecule has 3 rings (SSSR count). The number of ether oxygens (including phenoxy) is 1. The Balaban J connectivity index is 1.57. The molecule has 7 nitrogen and oxygen atoms in total. The number of halogens is 1. The minimum Gasteiger partial charge on any atom is -0.379 e. The van der Waals surface area contributed by atoms with E-state index in [4.69, 9.17) is 4.74 Å². The van der Waals surface area contributed by atoms with Gasteiger partial charge in [0.05, 0.1) is 31.2 Å². The SMILES string of the molecule is CCn1c(CN2CCOCC2)nnc1SCC(=O)Nc1ccccc1F. The molecule has 0 radical (unpaired) electrons. The number of thioether (sulfide) groups is 1. The average molecular weight is 379 g/mol. The Morgan fingerprint density at radius 2 is 2.08 bits per heavy atom. The molecule has 0 saturated carbocycles. The van der Waals surface area contributed by atoms with Gasteiger partial charge in [0.1, 0.15) is 11.6 Å². The highest BCUT2D eigenvalue weighted by Crippen LogP contribution is 2.19. The molecule has 1 aromatic carbocycles. The van der Waals surface area contributed by atoms with Gasteiger partial charge in [-0.3, -0.25) is 9.69 Å². The van der Waals surface area contributed by atoms with E-state index in [0.29, 0.717) is 11.7 Å². The number of anilines is 1. The molecule has 1 fully saturated rings. The minimum absolute atomic E-state index is 0.143. The molecule has 0 aliphatic carbocycles. The Hall–Kier alpha value is -1.97. The number of nitrogens with one attached hydrogen (secondary N) is 1. The van der Waals surface area contributed by atoms with E-state index in [9.17, 15) is 9.18 Å². The van der Waals surface area contributed by atoms with Crippen molar-refractivity contribution in [1.82, 2.24) is 19.7 Å². The van der Waals surface area contributed by atoms with E-state index in [1.54, 1.807) is 12.1 Å². The van der Waals surface area contributed by atoms with E-state index >= 15 is 0 Å². The fourth-order valence-electron chi connectivity index (χ4n) is 2.70. The summed E-state index contributed by atoms with van der Waals surface area (Å²) in [5.74, 6) is 0.298. The molecular formula is C17H22FN5O2S. The molecule has 0 unspecified atom stereocenters. The van der Waals surface area contributed by atoms with Gasteiger partial charge >= 0.3 is 0 Å². The van der Waals surface area contributed by atoms with Crippen LogP contribution in [0, 0.1) is 5.82 Å². The van der Waals surface area contributed by atoms with Gasteiger partial charge in [0.25, 0.3) is 0 Å². The number of morpholine rings is 1. The summed E-state index contributed by atoms with van der Waals surface area (Å²) in [5, 5.41) is 11.8. The number of rotatable bonds is 7. The van der Waals surface area contributed by atoms with Gasteiger partial charge in [-0.2, -0.15) is 0 Å². The number of aromatic nitrogens is 3. The standard InChI is InChI=1S/C17H22FN5O2S/c1-2-23-15(11-22-7-9-25-10-8-22)20-21-17(23)26-12-16(24)19-14-6-4-3-5-13(14)18/h3-6H,2,7-12H2,1H3,(H,19,24). The van der Waals surface area contributed by atoms with Crippen molar-refractivity contribution in [2.24, 2.45) is 0 Å². The first-order valence-corrected chi connectivity index (χ1v) is 9.55. The molecule has 0 bridgehead atoms. The Bertz CT molecular complexity index is 749. The monoisotopic (exact) mass is 379 g/mol. The molecule has 1 saturated heterocycles. The van der Waals surface area contributed by atoms with Crippen LogP contribution in [0.4, 0.5) is 10.1 Å². The van der Waals surface area contributed by atoms with Crippen molar-refractivity contribution in [2.75, 3.05) is 37.4 Å². The van der Waals surface area contributed by atoms with Gasteiger partial charge in [0.15, 0.2) is 5.16 Å². The number of carbonyl (C=O) groups excluding carboxylic acids is 1. The maximum atomic E-state index is 13.6. The quantitative estimate of drug-likeness (QED) is 0.742. The molecule has 0 atom stereocenters. The predicted octanol–water partition coefficient (Wildman–Crippen LogP) is 2.00. The lowest BCUT2D eigenvalue weighted by molar-refractivity contribution is -0.113. The molecule has 0 spiro atoms. The number of benzene rings is 1. The van der Waals surface area contributed by atoms with E-state index < -0.39 is 5.82 Å². The molecule has 26 heavy (non-hydrogen) atoms. The zero-order chi connectivity index (χ0) is 18.4. The van der Waals surface area contributed by atoms with Crippen LogP contribution in [-0.4, -0.2) is 57.6 Å². The van der Waals surface area contributed by atoms with E-state index in [1.165, 1.54) is 23.9 Å². The number of para-hydroxylation sites is 1. The third kappa shape index (κ3) is 4.80. The number of amides is 1. The highest BCUT2D eigenvalue weighted by Gasteiger charge is 2.18. The zero-order valence-electron chi connectivity index (χ0n) is 14.7. The van der Waals surface area contributed by atoms with E-state index in [-0.39, 0.29) is 17.3 Å². The van der Waals surface area contributed by atoms with E-state index in [0.717, 1.165) is 38.7 Å². The van der Waals surface area contributed by atoms with Gasteiger partial charge in [-0.1, -0.05) is 23.9 Å². The van der Waals surface area contributed by atoms with Gasteiger partial charge in [-0.15, -0.1) is 10.2 Å². The van der Waals surface area contributed by atoms with Crippen LogP contribution in [0.5, 0.6) is 0 Å². The van der Waals surface area contributed by atoms with Crippen molar-refractivity contribution in [1.29, 1.82) is 0 Å². The molecule has 1 aliphatic heterocycles. The summed E-state index contributed by atoms with van der Waals surface area (Å²) in [7, 11) is 0. The highest BCUT2D eigenvalue weighted by atomic mass is 32.2. The van der Waals surface area contributed by atoms with Crippen LogP contribution >= 0.6 is 11.8 Å². The van der Waals surface area contributed by atoms with Crippen molar-refractivity contribution in [2.45, 2.75) is 25.2 Å². The van der Waals surface area contributed by atoms with Gasteiger partial charge in [0.2, 0.25) is 5.91 Å². The lowest BCUT2D eigenvalue weighted by Gasteiger charge is -2.26. The third-order valence-electron chi connectivity index (χ3n) is 4.06. The second-order valence-corrected chi connectivity index (χ2v) is 6.79. The van der Waals surface area contributed by atoms with Crippen molar-refractivity contribution in [3.05, 3.63) is 35.9 Å². The van der Waals surface area contributed by atoms with Crippen LogP contribution in [0.1, 0.15) is 12.7 Å². The van der Waals surface area contributed by atoms with Crippen LogP contribution < -0.4 is 5.32 Å². The first-order valence-electron chi connectivity index (χ1n) is 8.56. The Labute approximate surface area is 155 Å². The number of hydrogen-bond donors (Lipinski definition) is 1. The maximum absolute atomic E-state index is 13.6. The van der Waals surface area contributed by atoms with Crippen molar-refractivity contribution < 1.29 is 13.9 Å². The summed E-state index contributed by atoms with van der Waals surface area (Å²) >= 11 is 1.30. The van der Waals surface area contributed by atoms with Gasteiger partial charge in [0, 0.05) is 19.6 Å². The van der Waals surface area contributed by atoms with Crippen LogP contribution in [0.25, 0.3) is 0 Å². The second-order valence-electron chi connectivity index (χ2n) is 5.85. The third-order valence-corrected chi connectivity index (χ3v) is 5.03. The van der Waals surface area contributed by atoms with Crippen molar-refractivity contribution in [3.63, 3.8) is 0 Å². The second kappa shape index (κ2) is 9.11. The molecule has 2 heterocycles. The van der Waals surface area contributed by atoms with Gasteiger partial charge in [-0.25, -0.2) is 4.39 Å². The fourth-order valence-corrected chi connectivity index (χ4v) is 3.52. The summed E-state index contributed by atoms with van der Waals surface area (Å²) < 4.78 is 21.0. The van der Waals surface area contributed by atoms with Crippen LogP contribution in [-0.2, 0) is 22.6 Å². The fraction of sp³-hybridized carbons (Fsp3) is 0.471. The summed E-state index contributed by atoms with van der Waals surface area (Å²) in [6.45, 7) is 6.69. The normalized spacial score (nSPS) is 15.2. The molecule has 1 amide bonds. The first-order chi connectivity index (χ1) is 12.7. The minimum atomic E-state index is -0.449. The van der Waals surface area contributed by atoms with Crippen LogP contribution in [0.3, 0.4) is 0 Å². The highest BCUT2D eigenvalue weighted by molar-refractivity contribution is 7.99. The van der Waals surface area contributed by atoms with Crippen molar-refractivity contribution >= 4 is 23.4 Å². The lowest BCUT2D eigenvalue weighted by atomic mass is 10.3. The predicted molar refractivity (Wildman–Crippen MR) is 97.5 cm³/mol. The molecule has 9 heteroatoms. The average Bonchev–Trinajstić information content (AvgIpc) is 3.04. The summed E-state index contributed by atoms with van der Waals surface area (Å²) in [6.07, 6.45) is 0. The molecule has 140 valence electrons. The summed E-state index contributed by atoms with van der Waals surface area (Å²) in [5.41, 5.74) is 0.183. The smallest absolute Gasteiger partial charge is 0.234 e. The first kappa shape index (κ1) is 18.8. The Morgan fingerprint density at radius 3 is 2.81 bits per heavy atom. The molecule has 1 N–H and O–H groups in total. The van der Waals surface area contributed by atoms with Crippen LogP contribution in [0.2, 0.25) is 0 Å². The molecular weight excluding hydrogens is 357 g/mol. The topological polar surface area (TPSA) is 72.3 Å². The molecule has 1 aliphatic rings. The number of nitrogens with zero attached hydrogens (tertiary/aromatic N) is 4. The van der Waals surface area contributed by atoms with E-state index in [1.807, 2.05) is 11.5 Å².